The fourth-order valence-electron chi connectivity index (χ4n) is 2.05. The van der Waals surface area contributed by atoms with Gasteiger partial charge in [0.05, 0.1) is 24.1 Å². The highest BCUT2D eigenvalue weighted by Crippen LogP contribution is 2.33. The minimum absolute atomic E-state index is 0.489. The van der Waals surface area contributed by atoms with Crippen molar-refractivity contribution in [3.8, 4) is 11.8 Å². The van der Waals surface area contributed by atoms with Crippen LogP contribution in [-0.2, 0) is 13.5 Å². The quantitative estimate of drug-likeness (QED) is 0.889. The first-order valence-electron chi connectivity index (χ1n) is 6.27. The lowest BCUT2D eigenvalue weighted by atomic mass is 10.1. The molecule has 0 saturated heterocycles. The smallest absolute Gasteiger partial charge is 0.152 e. The average Bonchev–Trinajstić information content (AvgIpc) is 2.74. The van der Waals surface area contributed by atoms with Gasteiger partial charge in [0, 0.05) is 7.05 Å². The molecule has 0 atom stereocenters. The van der Waals surface area contributed by atoms with Gasteiger partial charge in [-0.2, -0.15) is 10.4 Å². The van der Waals surface area contributed by atoms with Crippen molar-refractivity contribution in [3.63, 3.8) is 0 Å². The number of methoxy groups -OCH3 is 1. The highest BCUT2D eigenvalue weighted by molar-refractivity contribution is 5.77. The van der Waals surface area contributed by atoms with Crippen LogP contribution in [0.15, 0.2) is 18.2 Å². The molecule has 0 saturated carbocycles. The number of aryl methyl sites for hydroxylation is 2. The lowest BCUT2D eigenvalue weighted by molar-refractivity contribution is 0.416. The summed E-state index contributed by atoms with van der Waals surface area (Å²) < 4.78 is 6.96. The Bertz CT molecular complexity index is 669. The Labute approximate surface area is 117 Å². The molecule has 6 nitrogen and oxygen atoms in total. The van der Waals surface area contributed by atoms with Gasteiger partial charge in [0.1, 0.15) is 17.5 Å². The van der Waals surface area contributed by atoms with Gasteiger partial charge in [0.25, 0.3) is 0 Å². The highest BCUT2D eigenvalue weighted by Gasteiger charge is 2.16. The lowest BCUT2D eigenvalue weighted by Crippen LogP contribution is -2.04. The molecule has 0 aliphatic carbocycles. The standard InChI is InChI=1S/C14H17N5O/c1-4-10-12(16)14(19(2)18-10)17-13-9(8-15)6-5-7-11(13)20-3/h5-7,17H,4,16H2,1-3H3. The Balaban J connectivity index is 2.50. The van der Waals surface area contributed by atoms with E-state index < -0.39 is 0 Å². The summed E-state index contributed by atoms with van der Waals surface area (Å²) in [6.45, 7) is 1.99. The van der Waals surface area contributed by atoms with Gasteiger partial charge in [-0.25, -0.2) is 0 Å². The van der Waals surface area contributed by atoms with Gasteiger partial charge in [-0.1, -0.05) is 13.0 Å². The van der Waals surface area contributed by atoms with Gasteiger partial charge in [0.15, 0.2) is 5.82 Å². The molecule has 0 spiro atoms. The monoisotopic (exact) mass is 271 g/mol. The van der Waals surface area contributed by atoms with Crippen molar-refractivity contribution >= 4 is 17.2 Å². The zero-order valence-corrected chi connectivity index (χ0v) is 11.8. The zero-order valence-electron chi connectivity index (χ0n) is 11.8. The summed E-state index contributed by atoms with van der Waals surface area (Å²) >= 11 is 0. The number of aromatic nitrogens is 2. The van der Waals surface area contributed by atoms with Crippen molar-refractivity contribution in [1.82, 2.24) is 9.78 Å². The molecule has 3 N–H and O–H groups in total. The molecule has 104 valence electrons. The second kappa shape index (κ2) is 5.53. The Morgan fingerprint density at radius 1 is 1.50 bits per heavy atom. The maximum absolute atomic E-state index is 9.21. The van der Waals surface area contributed by atoms with E-state index in [0.29, 0.717) is 28.5 Å². The third-order valence-electron chi connectivity index (χ3n) is 3.11. The predicted octanol–water partition coefficient (Wildman–Crippen LogP) is 2.19. The second-order valence-electron chi connectivity index (χ2n) is 4.31. The molecule has 0 aliphatic heterocycles. The van der Waals surface area contributed by atoms with Crippen LogP contribution in [0.4, 0.5) is 17.2 Å². The lowest BCUT2D eigenvalue weighted by Gasteiger charge is -2.13. The fourth-order valence-corrected chi connectivity index (χ4v) is 2.05. The average molecular weight is 271 g/mol. The number of nitrogens with zero attached hydrogens (tertiary/aromatic N) is 3. The topological polar surface area (TPSA) is 88.9 Å². The predicted molar refractivity (Wildman–Crippen MR) is 78.0 cm³/mol. The molecule has 20 heavy (non-hydrogen) atoms. The van der Waals surface area contributed by atoms with Gasteiger partial charge in [-0.05, 0) is 18.6 Å². The molecule has 0 aliphatic rings. The van der Waals surface area contributed by atoms with Crippen molar-refractivity contribution in [3.05, 3.63) is 29.5 Å². The minimum atomic E-state index is 0.489. The van der Waals surface area contributed by atoms with E-state index in [2.05, 4.69) is 16.5 Å². The summed E-state index contributed by atoms with van der Waals surface area (Å²) in [5, 5.41) is 16.7. The summed E-state index contributed by atoms with van der Waals surface area (Å²) in [5.74, 6) is 1.24. The first-order chi connectivity index (χ1) is 9.62. The number of nitrogens with two attached hydrogens (primary N) is 1. The van der Waals surface area contributed by atoms with Crippen LogP contribution in [0.2, 0.25) is 0 Å². The van der Waals surface area contributed by atoms with Crippen molar-refractivity contribution in [2.75, 3.05) is 18.2 Å². The number of hydrogen-bond acceptors (Lipinski definition) is 5. The van der Waals surface area contributed by atoms with Crippen molar-refractivity contribution < 1.29 is 4.74 Å². The number of hydrogen-bond donors (Lipinski definition) is 2. The van der Waals surface area contributed by atoms with Crippen LogP contribution in [-0.4, -0.2) is 16.9 Å². The molecule has 1 aromatic carbocycles. The molecule has 0 unspecified atom stereocenters. The normalized spacial score (nSPS) is 10.1. The van der Waals surface area contributed by atoms with Gasteiger partial charge in [-0.15, -0.1) is 0 Å². The number of para-hydroxylation sites is 1. The van der Waals surface area contributed by atoms with E-state index in [-0.39, 0.29) is 0 Å². The Kier molecular flexibility index (Phi) is 3.80. The maximum Gasteiger partial charge on any atom is 0.152 e. The van der Waals surface area contributed by atoms with E-state index in [1.807, 2.05) is 6.92 Å². The molecular formula is C14H17N5O. The number of nitrogen functional groups attached to an aromatic ring is 1. The van der Waals surface area contributed by atoms with Crippen LogP contribution in [0.25, 0.3) is 0 Å². The molecule has 0 fully saturated rings. The third kappa shape index (κ3) is 2.26. The van der Waals surface area contributed by atoms with Crippen LogP contribution in [0.5, 0.6) is 5.75 Å². The summed E-state index contributed by atoms with van der Waals surface area (Å²) in [5.41, 5.74) is 8.57. The fraction of sp³-hybridized carbons (Fsp3) is 0.286. The zero-order chi connectivity index (χ0) is 14.7. The molecule has 1 heterocycles. The summed E-state index contributed by atoms with van der Waals surface area (Å²) in [6, 6.07) is 7.42. The largest absolute Gasteiger partial charge is 0.495 e. The number of rotatable bonds is 4. The first-order valence-corrected chi connectivity index (χ1v) is 6.27. The van der Waals surface area contributed by atoms with Gasteiger partial charge in [0.2, 0.25) is 0 Å². The summed E-state index contributed by atoms with van der Waals surface area (Å²) in [4.78, 5) is 0. The second-order valence-corrected chi connectivity index (χ2v) is 4.31. The Morgan fingerprint density at radius 2 is 2.25 bits per heavy atom. The van der Waals surface area contributed by atoms with E-state index >= 15 is 0 Å². The number of anilines is 3. The Hall–Kier alpha value is -2.68. The van der Waals surface area contributed by atoms with E-state index in [1.165, 1.54) is 0 Å². The number of nitrogens with one attached hydrogen (secondary N) is 1. The van der Waals surface area contributed by atoms with Crippen molar-refractivity contribution in [2.24, 2.45) is 7.05 Å². The van der Waals surface area contributed by atoms with Gasteiger partial charge in [-0.3, -0.25) is 4.68 Å². The maximum atomic E-state index is 9.21. The summed E-state index contributed by atoms with van der Waals surface area (Å²) in [7, 11) is 3.37. The molecule has 1 aromatic heterocycles. The van der Waals surface area contributed by atoms with E-state index in [0.717, 1.165) is 12.1 Å². The number of benzene rings is 1. The first kappa shape index (κ1) is 13.7. The van der Waals surface area contributed by atoms with Gasteiger partial charge >= 0.3 is 0 Å². The molecule has 0 bridgehead atoms. The highest BCUT2D eigenvalue weighted by atomic mass is 16.5. The minimum Gasteiger partial charge on any atom is -0.495 e. The SMILES string of the molecule is CCc1nn(C)c(Nc2c(C#N)cccc2OC)c1N. The van der Waals surface area contributed by atoms with Crippen LogP contribution in [0.3, 0.4) is 0 Å². The molecule has 2 rings (SSSR count). The van der Waals surface area contributed by atoms with E-state index in [1.54, 1.807) is 37.0 Å². The van der Waals surface area contributed by atoms with Crippen LogP contribution in [0.1, 0.15) is 18.2 Å². The number of nitriles is 1. The molecule has 0 amide bonds. The molecule has 2 aromatic rings. The van der Waals surface area contributed by atoms with Crippen LogP contribution in [0, 0.1) is 11.3 Å². The summed E-state index contributed by atoms with van der Waals surface area (Å²) in [6.07, 6.45) is 0.748. The van der Waals surface area contributed by atoms with Crippen LogP contribution < -0.4 is 15.8 Å². The van der Waals surface area contributed by atoms with Crippen molar-refractivity contribution in [1.29, 1.82) is 5.26 Å². The Morgan fingerprint density at radius 3 is 2.80 bits per heavy atom. The van der Waals surface area contributed by atoms with Gasteiger partial charge < -0.3 is 15.8 Å². The van der Waals surface area contributed by atoms with E-state index in [9.17, 15) is 5.26 Å². The molecule has 6 heteroatoms. The third-order valence-corrected chi connectivity index (χ3v) is 3.11. The van der Waals surface area contributed by atoms with Crippen LogP contribution >= 0.6 is 0 Å². The van der Waals surface area contributed by atoms with Crippen molar-refractivity contribution in [2.45, 2.75) is 13.3 Å². The van der Waals surface area contributed by atoms with E-state index in [4.69, 9.17) is 10.5 Å². The molecule has 0 radical (unpaired) electrons. The molecular weight excluding hydrogens is 254 g/mol. The number of ether oxygens (including phenoxy) is 1.